The number of anilines is 1. The van der Waals surface area contributed by atoms with E-state index in [1.807, 2.05) is 4.90 Å². The third-order valence-electron chi connectivity index (χ3n) is 4.48. The zero-order valence-corrected chi connectivity index (χ0v) is 14.6. The lowest BCUT2D eigenvalue weighted by Crippen LogP contribution is -2.34. The van der Waals surface area contributed by atoms with Gasteiger partial charge in [0.05, 0.1) is 16.2 Å². The molecule has 2 aromatic rings. The number of nitrogens with zero attached hydrogens (tertiary/aromatic N) is 3. The molecular weight excluding hydrogens is 334 g/mol. The molecule has 0 amide bonds. The van der Waals surface area contributed by atoms with Gasteiger partial charge in [-0.25, -0.2) is 4.79 Å². The molecule has 0 spiro atoms. The predicted molar refractivity (Wildman–Crippen MR) is 97.1 cm³/mol. The fourth-order valence-electron chi connectivity index (χ4n) is 3.18. The van der Waals surface area contributed by atoms with Gasteiger partial charge in [0.15, 0.2) is 0 Å². The van der Waals surface area contributed by atoms with E-state index in [0.29, 0.717) is 17.3 Å². The normalized spacial score (nSPS) is 17.0. The maximum atomic E-state index is 12.2. The maximum Gasteiger partial charge on any atom is 0.338 e. The van der Waals surface area contributed by atoms with Gasteiger partial charge in [0.2, 0.25) is 0 Å². The molecule has 1 atom stereocenters. The lowest BCUT2D eigenvalue weighted by atomic mass is 9.99. The number of piperidine rings is 1. The van der Waals surface area contributed by atoms with Gasteiger partial charge in [-0.2, -0.15) is 0 Å². The van der Waals surface area contributed by atoms with Crippen LogP contribution in [0.2, 0.25) is 0 Å². The Morgan fingerprint density at radius 3 is 2.92 bits per heavy atom. The number of ether oxygens (including phenoxy) is 1. The molecule has 1 unspecified atom stereocenters. The number of hydrogen-bond donors (Lipinski definition) is 0. The first-order valence-corrected chi connectivity index (χ1v) is 8.65. The van der Waals surface area contributed by atoms with Gasteiger partial charge < -0.3 is 9.64 Å². The molecule has 1 aromatic carbocycles. The fourth-order valence-corrected chi connectivity index (χ4v) is 3.18. The average Bonchev–Trinajstić information content (AvgIpc) is 2.66. The van der Waals surface area contributed by atoms with Crippen LogP contribution in [0.15, 0.2) is 42.6 Å². The Hall–Kier alpha value is -2.96. The highest BCUT2D eigenvalue weighted by atomic mass is 16.6. The number of hydrogen-bond acceptors (Lipinski definition) is 6. The van der Waals surface area contributed by atoms with E-state index < -0.39 is 10.9 Å². The molecule has 3 rings (SSSR count). The Bertz CT molecular complexity index is 795. The Morgan fingerprint density at radius 1 is 1.38 bits per heavy atom. The first-order valence-electron chi connectivity index (χ1n) is 8.65. The number of pyridine rings is 1. The quantitative estimate of drug-likeness (QED) is 0.463. The minimum atomic E-state index is -0.600. The molecule has 0 bridgehead atoms. The standard InChI is InChI=1S/C19H21N3O4/c1-14-5-4-10-21(12-14)17-8-7-15(11-18(17)22(24)25)19(23)26-13-16-6-2-3-9-20-16/h2-3,6-9,11,14H,4-5,10,12-13H2,1H3. The van der Waals surface area contributed by atoms with Crippen molar-refractivity contribution >= 4 is 17.3 Å². The number of nitro benzene ring substituents is 1. The number of esters is 1. The summed E-state index contributed by atoms with van der Waals surface area (Å²) in [5.74, 6) is -0.108. The molecule has 0 N–H and O–H groups in total. The second kappa shape index (κ2) is 7.95. The van der Waals surface area contributed by atoms with Crippen LogP contribution in [-0.4, -0.2) is 29.0 Å². The first-order chi connectivity index (χ1) is 12.5. The van der Waals surface area contributed by atoms with Crippen molar-refractivity contribution < 1.29 is 14.5 Å². The Kier molecular flexibility index (Phi) is 5.46. The van der Waals surface area contributed by atoms with Gasteiger partial charge in [0.1, 0.15) is 12.3 Å². The maximum absolute atomic E-state index is 12.2. The lowest BCUT2D eigenvalue weighted by Gasteiger charge is -2.32. The second-order valence-corrected chi connectivity index (χ2v) is 6.55. The van der Waals surface area contributed by atoms with Gasteiger partial charge in [-0.3, -0.25) is 15.1 Å². The summed E-state index contributed by atoms with van der Waals surface area (Å²) >= 11 is 0. The summed E-state index contributed by atoms with van der Waals surface area (Å²) in [7, 11) is 0. The van der Waals surface area contributed by atoms with Gasteiger partial charge in [-0.1, -0.05) is 13.0 Å². The van der Waals surface area contributed by atoms with Crippen LogP contribution in [0.5, 0.6) is 0 Å². The fraction of sp³-hybridized carbons (Fsp3) is 0.368. The molecule has 7 heteroatoms. The van der Waals surface area contributed by atoms with Crippen molar-refractivity contribution in [3.8, 4) is 0 Å². The summed E-state index contributed by atoms with van der Waals surface area (Å²) in [6.07, 6.45) is 3.75. The van der Waals surface area contributed by atoms with Crippen LogP contribution in [0, 0.1) is 16.0 Å². The van der Waals surface area contributed by atoms with E-state index in [1.54, 1.807) is 36.5 Å². The Labute approximate surface area is 151 Å². The second-order valence-electron chi connectivity index (χ2n) is 6.55. The van der Waals surface area contributed by atoms with Gasteiger partial charge in [0, 0.05) is 25.4 Å². The molecule has 0 aliphatic carbocycles. The smallest absolute Gasteiger partial charge is 0.338 e. The van der Waals surface area contributed by atoms with Gasteiger partial charge in [-0.15, -0.1) is 0 Å². The molecule has 136 valence electrons. The zero-order valence-electron chi connectivity index (χ0n) is 14.6. The summed E-state index contributed by atoms with van der Waals surface area (Å²) in [5.41, 5.74) is 1.28. The number of rotatable bonds is 5. The summed E-state index contributed by atoms with van der Waals surface area (Å²) in [6.45, 7) is 3.74. The molecule has 1 aliphatic rings. The average molecular weight is 355 g/mol. The Morgan fingerprint density at radius 2 is 2.23 bits per heavy atom. The van der Waals surface area contributed by atoms with E-state index >= 15 is 0 Å². The van der Waals surface area contributed by atoms with Crippen LogP contribution in [0.1, 0.15) is 35.8 Å². The van der Waals surface area contributed by atoms with Gasteiger partial charge in [-0.05, 0) is 43.0 Å². The molecule has 0 radical (unpaired) electrons. The van der Waals surface area contributed by atoms with Crippen molar-refractivity contribution in [3.63, 3.8) is 0 Å². The third-order valence-corrected chi connectivity index (χ3v) is 4.48. The van der Waals surface area contributed by atoms with Crippen molar-refractivity contribution in [2.24, 2.45) is 5.92 Å². The van der Waals surface area contributed by atoms with Crippen LogP contribution in [0.25, 0.3) is 0 Å². The van der Waals surface area contributed by atoms with E-state index in [9.17, 15) is 14.9 Å². The van der Waals surface area contributed by atoms with Crippen LogP contribution in [-0.2, 0) is 11.3 Å². The number of carbonyl (C=O) groups excluding carboxylic acids is 1. The van der Waals surface area contributed by atoms with Crippen molar-refractivity contribution in [3.05, 3.63) is 64.0 Å². The molecular formula is C19H21N3O4. The highest BCUT2D eigenvalue weighted by Crippen LogP contribution is 2.32. The third kappa shape index (κ3) is 4.17. The monoisotopic (exact) mass is 355 g/mol. The topological polar surface area (TPSA) is 85.6 Å². The summed E-state index contributed by atoms with van der Waals surface area (Å²) in [4.78, 5) is 29.4. The zero-order chi connectivity index (χ0) is 18.5. The predicted octanol–water partition coefficient (Wildman–Crippen LogP) is 3.58. The molecule has 26 heavy (non-hydrogen) atoms. The van der Waals surface area contributed by atoms with Crippen molar-refractivity contribution in [2.75, 3.05) is 18.0 Å². The number of aromatic nitrogens is 1. The van der Waals surface area contributed by atoms with Crippen LogP contribution < -0.4 is 4.90 Å². The number of nitro groups is 1. The molecule has 0 saturated carbocycles. The summed E-state index contributed by atoms with van der Waals surface area (Å²) < 4.78 is 5.21. The van der Waals surface area contributed by atoms with E-state index in [-0.39, 0.29) is 17.9 Å². The van der Waals surface area contributed by atoms with Crippen LogP contribution >= 0.6 is 0 Å². The van der Waals surface area contributed by atoms with Crippen LogP contribution in [0.3, 0.4) is 0 Å². The minimum Gasteiger partial charge on any atom is -0.456 e. The van der Waals surface area contributed by atoms with E-state index in [1.165, 1.54) is 6.07 Å². The van der Waals surface area contributed by atoms with E-state index in [2.05, 4.69) is 11.9 Å². The molecule has 1 saturated heterocycles. The lowest BCUT2D eigenvalue weighted by molar-refractivity contribution is -0.384. The van der Waals surface area contributed by atoms with Crippen molar-refractivity contribution in [1.29, 1.82) is 0 Å². The first kappa shape index (κ1) is 17.8. The van der Waals surface area contributed by atoms with Crippen molar-refractivity contribution in [2.45, 2.75) is 26.4 Å². The largest absolute Gasteiger partial charge is 0.456 e. The highest BCUT2D eigenvalue weighted by Gasteiger charge is 2.25. The highest BCUT2D eigenvalue weighted by molar-refractivity contribution is 5.91. The summed E-state index contributed by atoms with van der Waals surface area (Å²) in [5, 5.41) is 11.5. The number of carbonyl (C=O) groups is 1. The SMILES string of the molecule is CC1CCCN(c2ccc(C(=O)OCc3ccccn3)cc2[N+](=O)[O-])C1. The molecule has 1 aromatic heterocycles. The van der Waals surface area contributed by atoms with E-state index in [0.717, 1.165) is 25.9 Å². The molecule has 7 nitrogen and oxygen atoms in total. The van der Waals surface area contributed by atoms with E-state index in [4.69, 9.17) is 4.74 Å². The van der Waals surface area contributed by atoms with Crippen LogP contribution in [0.4, 0.5) is 11.4 Å². The molecule has 2 heterocycles. The minimum absolute atomic E-state index is 0.0266. The summed E-state index contributed by atoms with van der Waals surface area (Å²) in [6, 6.07) is 9.85. The molecule has 1 fully saturated rings. The van der Waals surface area contributed by atoms with Gasteiger partial charge in [0.25, 0.3) is 5.69 Å². The molecule has 1 aliphatic heterocycles. The number of benzene rings is 1. The Balaban J connectivity index is 1.77. The van der Waals surface area contributed by atoms with Gasteiger partial charge >= 0.3 is 5.97 Å². The van der Waals surface area contributed by atoms with Crippen molar-refractivity contribution in [1.82, 2.24) is 4.98 Å².